The number of anilines is 4. The summed E-state index contributed by atoms with van der Waals surface area (Å²) in [4.78, 5) is 39.7. The van der Waals surface area contributed by atoms with Crippen molar-refractivity contribution in [1.29, 1.82) is 0 Å². The van der Waals surface area contributed by atoms with Crippen molar-refractivity contribution in [1.82, 2.24) is 19.9 Å². The van der Waals surface area contributed by atoms with Crippen LogP contribution in [0.25, 0.3) is 11.3 Å². The Morgan fingerprint density at radius 3 is 2.10 bits per heavy atom. The van der Waals surface area contributed by atoms with E-state index in [2.05, 4.69) is 52.4 Å². The molecule has 12 heteroatoms. The second kappa shape index (κ2) is 16.1. The minimum atomic E-state index is -0.209. The Labute approximate surface area is 304 Å². The van der Waals surface area contributed by atoms with Crippen molar-refractivity contribution in [2.24, 2.45) is 0 Å². The number of morpholine rings is 1. The van der Waals surface area contributed by atoms with Crippen LogP contribution >= 0.6 is 0 Å². The van der Waals surface area contributed by atoms with Crippen LogP contribution in [0.1, 0.15) is 35.6 Å². The van der Waals surface area contributed by atoms with Crippen LogP contribution in [0.5, 0.6) is 11.5 Å². The van der Waals surface area contributed by atoms with Crippen LogP contribution < -0.4 is 29.5 Å². The van der Waals surface area contributed by atoms with E-state index in [0.717, 1.165) is 63.5 Å². The summed E-state index contributed by atoms with van der Waals surface area (Å²) in [6.45, 7) is 6.30. The Kier molecular flexibility index (Phi) is 10.7. The van der Waals surface area contributed by atoms with E-state index in [4.69, 9.17) is 34.1 Å². The van der Waals surface area contributed by atoms with Crippen LogP contribution in [0.4, 0.5) is 28.2 Å². The quantitative estimate of drug-likeness (QED) is 0.154. The molecule has 2 amide bonds. The van der Waals surface area contributed by atoms with Crippen LogP contribution in [0.15, 0.2) is 85.2 Å². The van der Waals surface area contributed by atoms with Crippen LogP contribution in [-0.2, 0) is 30.7 Å². The summed E-state index contributed by atoms with van der Waals surface area (Å²) in [5, 5.41) is 3.16. The number of carbonyl (C=O) groups excluding carboxylic acids is 1. The van der Waals surface area contributed by atoms with Gasteiger partial charge in [-0.2, -0.15) is 4.98 Å². The maximum Gasteiger partial charge on any atom is 0.327 e. The van der Waals surface area contributed by atoms with Gasteiger partial charge in [-0.15, -0.1) is 0 Å². The van der Waals surface area contributed by atoms with Gasteiger partial charge in [0.2, 0.25) is 11.9 Å². The maximum absolute atomic E-state index is 13.8. The van der Waals surface area contributed by atoms with Crippen molar-refractivity contribution < 1.29 is 19.0 Å². The molecule has 0 atom stereocenters. The average molecular weight is 701 g/mol. The van der Waals surface area contributed by atoms with E-state index in [-0.39, 0.29) is 6.03 Å². The van der Waals surface area contributed by atoms with Crippen molar-refractivity contribution in [2.75, 3.05) is 67.1 Å². The first-order valence-corrected chi connectivity index (χ1v) is 17.8. The maximum atomic E-state index is 13.8. The molecule has 12 nitrogen and oxygen atoms in total. The van der Waals surface area contributed by atoms with Crippen molar-refractivity contribution in [3.63, 3.8) is 0 Å². The second-order valence-corrected chi connectivity index (χ2v) is 12.8. The number of fused-ring (bicyclic) bond motifs is 1. The number of carbonyl (C=O) groups is 1. The number of urea groups is 1. The Morgan fingerprint density at radius 2 is 1.48 bits per heavy atom. The zero-order valence-corrected chi connectivity index (χ0v) is 29.9. The predicted molar refractivity (Wildman–Crippen MR) is 202 cm³/mol. The van der Waals surface area contributed by atoms with Gasteiger partial charge in [0, 0.05) is 61.9 Å². The molecule has 0 radical (unpaired) electrons. The van der Waals surface area contributed by atoms with Gasteiger partial charge in [-0.1, -0.05) is 55.8 Å². The van der Waals surface area contributed by atoms with E-state index in [1.54, 1.807) is 19.1 Å². The fraction of sp³-hybridized carbons (Fsp3) is 0.325. The van der Waals surface area contributed by atoms with Crippen LogP contribution in [-0.4, -0.2) is 73.0 Å². The predicted octanol–water partition coefficient (Wildman–Crippen LogP) is 6.54. The number of para-hydroxylation sites is 1. The minimum Gasteiger partial charge on any atom is -0.497 e. The van der Waals surface area contributed by atoms with Crippen molar-refractivity contribution in [2.45, 2.75) is 39.3 Å². The first kappa shape index (κ1) is 34.7. The van der Waals surface area contributed by atoms with E-state index < -0.39 is 0 Å². The third-order valence-electron chi connectivity index (χ3n) is 9.39. The first-order chi connectivity index (χ1) is 25.5. The lowest BCUT2D eigenvalue weighted by atomic mass is 10.1. The Morgan fingerprint density at radius 1 is 0.846 bits per heavy atom. The van der Waals surface area contributed by atoms with Gasteiger partial charge in [-0.3, -0.25) is 4.90 Å². The smallest absolute Gasteiger partial charge is 0.327 e. The highest BCUT2D eigenvalue weighted by Crippen LogP contribution is 2.36. The lowest BCUT2D eigenvalue weighted by Crippen LogP contribution is -2.38. The Bertz CT molecular complexity index is 1920. The van der Waals surface area contributed by atoms with Gasteiger partial charge in [0.05, 0.1) is 33.1 Å². The zero-order chi connectivity index (χ0) is 35.9. The van der Waals surface area contributed by atoms with E-state index in [1.165, 1.54) is 0 Å². The van der Waals surface area contributed by atoms with Gasteiger partial charge in [-0.25, -0.2) is 19.7 Å². The summed E-state index contributed by atoms with van der Waals surface area (Å²) in [7, 11) is 3.33. The molecule has 2 aliphatic heterocycles. The van der Waals surface area contributed by atoms with E-state index in [0.29, 0.717) is 70.1 Å². The van der Waals surface area contributed by atoms with Gasteiger partial charge < -0.3 is 29.3 Å². The van der Waals surface area contributed by atoms with Gasteiger partial charge >= 0.3 is 6.03 Å². The molecule has 52 heavy (non-hydrogen) atoms. The summed E-state index contributed by atoms with van der Waals surface area (Å²) >= 11 is 0. The number of amides is 2. The van der Waals surface area contributed by atoms with Crippen molar-refractivity contribution >= 4 is 29.4 Å². The van der Waals surface area contributed by atoms with Crippen molar-refractivity contribution in [3.8, 4) is 22.8 Å². The van der Waals surface area contributed by atoms with Crippen LogP contribution in [0.3, 0.4) is 0 Å². The molecule has 1 saturated heterocycles. The standard InChI is InChI=1S/C40H44N8O4/c1-4-7-30-8-5-6-9-35(30)43-40(49)48-19-18-34-36(44-39(45-37(34)48)46-20-22-52-23-21-46)31-24-41-38(42-25-31)47(26-28-10-14-32(50-2)15-11-28)27-29-12-16-33(51-3)17-13-29/h5-6,8-17,24-25H,4,7,18-23,26-27H2,1-3H3,(H,43,49). The summed E-state index contributed by atoms with van der Waals surface area (Å²) in [6, 6.07) is 23.8. The van der Waals surface area contributed by atoms with Crippen molar-refractivity contribution in [3.05, 3.63) is 107 Å². The summed E-state index contributed by atoms with van der Waals surface area (Å²) in [5.41, 5.74) is 6.53. The van der Waals surface area contributed by atoms with Crippen LogP contribution in [0.2, 0.25) is 0 Å². The molecule has 7 rings (SSSR count). The van der Waals surface area contributed by atoms with E-state index in [1.807, 2.05) is 54.9 Å². The Balaban J connectivity index is 1.21. The molecule has 2 aliphatic rings. The van der Waals surface area contributed by atoms with Crippen LogP contribution in [0, 0.1) is 0 Å². The van der Waals surface area contributed by atoms with Gasteiger partial charge in [0.15, 0.2) is 0 Å². The zero-order valence-electron chi connectivity index (χ0n) is 29.9. The molecule has 4 heterocycles. The number of nitrogens with one attached hydrogen (secondary N) is 1. The topological polar surface area (TPSA) is 118 Å². The third kappa shape index (κ3) is 7.76. The lowest BCUT2D eigenvalue weighted by molar-refractivity contribution is 0.122. The number of aryl methyl sites for hydroxylation is 1. The molecular formula is C40H44N8O4. The molecular weight excluding hydrogens is 656 g/mol. The normalized spacial score (nSPS) is 13.8. The SMILES string of the molecule is CCCc1ccccc1NC(=O)N1CCc2c(-c3cnc(N(Cc4ccc(OC)cc4)Cc4ccc(OC)cc4)nc3)nc(N3CCOCC3)nc21. The number of nitrogens with zero attached hydrogens (tertiary/aromatic N) is 7. The third-order valence-corrected chi connectivity index (χ3v) is 9.39. The van der Waals surface area contributed by atoms with E-state index >= 15 is 0 Å². The fourth-order valence-corrected chi connectivity index (χ4v) is 6.60. The van der Waals surface area contributed by atoms with E-state index in [9.17, 15) is 4.79 Å². The lowest BCUT2D eigenvalue weighted by Gasteiger charge is -2.28. The monoisotopic (exact) mass is 700 g/mol. The van der Waals surface area contributed by atoms with Gasteiger partial charge in [0.1, 0.15) is 17.3 Å². The average Bonchev–Trinajstić information content (AvgIpc) is 3.63. The molecule has 3 aromatic carbocycles. The molecule has 0 saturated carbocycles. The molecule has 2 aromatic heterocycles. The molecule has 0 spiro atoms. The number of rotatable bonds is 12. The Hall–Kier alpha value is -5.75. The number of aromatic nitrogens is 4. The molecule has 0 unspecified atom stereocenters. The summed E-state index contributed by atoms with van der Waals surface area (Å²) in [6.07, 6.45) is 6.13. The highest BCUT2D eigenvalue weighted by molar-refractivity contribution is 6.03. The number of hydrogen-bond donors (Lipinski definition) is 1. The van der Waals surface area contributed by atoms with Gasteiger partial charge in [0.25, 0.3) is 0 Å². The number of methoxy groups -OCH3 is 2. The largest absolute Gasteiger partial charge is 0.497 e. The molecule has 1 fully saturated rings. The fourth-order valence-electron chi connectivity index (χ4n) is 6.60. The molecule has 5 aromatic rings. The molecule has 0 bridgehead atoms. The molecule has 0 aliphatic carbocycles. The minimum absolute atomic E-state index is 0.209. The summed E-state index contributed by atoms with van der Waals surface area (Å²) < 4.78 is 16.4. The summed E-state index contributed by atoms with van der Waals surface area (Å²) in [5.74, 6) is 3.37. The number of benzene rings is 3. The molecule has 268 valence electrons. The second-order valence-electron chi connectivity index (χ2n) is 12.8. The first-order valence-electron chi connectivity index (χ1n) is 17.8. The number of hydrogen-bond acceptors (Lipinski definition) is 10. The molecule has 1 N–H and O–H groups in total. The van der Waals surface area contributed by atoms with Gasteiger partial charge in [-0.05, 0) is 59.9 Å². The highest BCUT2D eigenvalue weighted by Gasteiger charge is 2.32. The highest BCUT2D eigenvalue weighted by atomic mass is 16.5. The number of ether oxygens (including phenoxy) is 3.